The molecule has 0 fully saturated rings. The lowest BCUT2D eigenvalue weighted by molar-refractivity contribution is 0.0988. The predicted octanol–water partition coefficient (Wildman–Crippen LogP) is 4.33. The van der Waals surface area contributed by atoms with Crippen LogP contribution in [0.4, 0.5) is 17.5 Å². The fourth-order valence-electron chi connectivity index (χ4n) is 2.08. The van der Waals surface area contributed by atoms with Crippen molar-refractivity contribution in [1.82, 2.24) is 9.97 Å². The summed E-state index contributed by atoms with van der Waals surface area (Å²) in [5.41, 5.74) is 2.38. The number of aromatic nitrogens is 2. The van der Waals surface area contributed by atoms with E-state index >= 15 is 0 Å². The molecule has 0 saturated carbocycles. The van der Waals surface area contributed by atoms with Crippen molar-refractivity contribution in [3.63, 3.8) is 0 Å². The highest BCUT2D eigenvalue weighted by Gasteiger charge is 2.13. The van der Waals surface area contributed by atoms with Gasteiger partial charge in [-0.05, 0) is 39.8 Å². The zero-order valence-corrected chi connectivity index (χ0v) is 14.4. The van der Waals surface area contributed by atoms with Gasteiger partial charge in [-0.15, -0.1) is 0 Å². The van der Waals surface area contributed by atoms with Gasteiger partial charge in [0.15, 0.2) is 5.78 Å². The summed E-state index contributed by atoms with van der Waals surface area (Å²) < 4.78 is 0. The molecule has 1 aromatic carbocycles. The van der Waals surface area contributed by atoms with Crippen LogP contribution in [0.5, 0.6) is 0 Å². The summed E-state index contributed by atoms with van der Waals surface area (Å²) >= 11 is 0. The molecular formula is C18H24N4O. The Kier molecular flexibility index (Phi) is 4.98. The Bertz CT molecular complexity index is 704. The third kappa shape index (κ3) is 4.77. The first-order chi connectivity index (χ1) is 10.8. The van der Waals surface area contributed by atoms with E-state index < -0.39 is 0 Å². The lowest BCUT2D eigenvalue weighted by atomic mass is 10.1. The first-order valence-electron chi connectivity index (χ1n) is 7.80. The molecule has 1 heterocycles. The Hall–Kier alpha value is -2.43. The van der Waals surface area contributed by atoms with E-state index in [0.717, 1.165) is 17.1 Å². The molecular weight excluding hydrogens is 288 g/mol. The van der Waals surface area contributed by atoms with Crippen molar-refractivity contribution in [2.75, 3.05) is 10.6 Å². The Labute approximate surface area is 137 Å². The molecule has 0 atom stereocenters. The molecule has 23 heavy (non-hydrogen) atoms. The van der Waals surface area contributed by atoms with E-state index in [9.17, 15) is 4.79 Å². The smallest absolute Gasteiger partial charge is 0.225 e. The minimum atomic E-state index is -0.111. The number of carbonyl (C=O) groups excluding carboxylic acids is 1. The number of aryl methyl sites for hydroxylation is 1. The second-order valence-corrected chi connectivity index (χ2v) is 6.58. The maximum atomic E-state index is 11.8. The molecule has 0 radical (unpaired) electrons. The molecule has 5 nitrogen and oxygen atoms in total. The van der Waals surface area contributed by atoms with Gasteiger partial charge in [0.1, 0.15) is 5.82 Å². The Balaban J connectivity index is 2.26. The second kappa shape index (κ2) is 6.77. The molecule has 0 spiro atoms. The number of hydrogen-bond donors (Lipinski definition) is 2. The van der Waals surface area contributed by atoms with E-state index in [-0.39, 0.29) is 11.3 Å². The second-order valence-electron chi connectivity index (χ2n) is 6.58. The van der Waals surface area contributed by atoms with Crippen LogP contribution in [-0.2, 0) is 0 Å². The van der Waals surface area contributed by atoms with Crippen LogP contribution in [0.3, 0.4) is 0 Å². The number of ketones is 1. The molecule has 5 heteroatoms. The summed E-state index contributed by atoms with van der Waals surface area (Å²) in [6.45, 7) is 9.99. The summed E-state index contributed by atoms with van der Waals surface area (Å²) in [5, 5.41) is 6.53. The number of hydrogen-bond acceptors (Lipinski definition) is 5. The number of benzene rings is 1. The van der Waals surface area contributed by atoms with Gasteiger partial charge in [0.2, 0.25) is 5.95 Å². The van der Waals surface area contributed by atoms with E-state index in [4.69, 9.17) is 0 Å². The van der Waals surface area contributed by atoms with Crippen LogP contribution in [0.2, 0.25) is 0 Å². The number of rotatable bonds is 5. The SMILES string of the molecule is CCC(=O)c1cccc(Nc2nc(NC(C)(C)C)ncc2C)c1. The van der Waals surface area contributed by atoms with Gasteiger partial charge in [0, 0.05) is 35.0 Å². The molecule has 2 aromatic rings. The first-order valence-corrected chi connectivity index (χ1v) is 7.80. The Morgan fingerprint density at radius 2 is 2.00 bits per heavy atom. The first kappa shape index (κ1) is 16.9. The van der Waals surface area contributed by atoms with Gasteiger partial charge in [0.05, 0.1) is 0 Å². The third-order valence-corrected chi connectivity index (χ3v) is 3.23. The van der Waals surface area contributed by atoms with Crippen LogP contribution in [0.1, 0.15) is 50.0 Å². The monoisotopic (exact) mass is 312 g/mol. The van der Waals surface area contributed by atoms with E-state index in [2.05, 4.69) is 41.4 Å². The molecule has 0 aliphatic heterocycles. The highest BCUT2D eigenvalue weighted by atomic mass is 16.1. The van der Waals surface area contributed by atoms with Crippen molar-refractivity contribution in [3.05, 3.63) is 41.6 Å². The van der Waals surface area contributed by atoms with Crippen molar-refractivity contribution in [1.29, 1.82) is 0 Å². The molecule has 0 amide bonds. The maximum absolute atomic E-state index is 11.8. The summed E-state index contributed by atoms with van der Waals surface area (Å²) in [6, 6.07) is 7.47. The molecule has 0 bridgehead atoms. The average molecular weight is 312 g/mol. The van der Waals surface area contributed by atoms with E-state index in [0.29, 0.717) is 17.9 Å². The van der Waals surface area contributed by atoms with E-state index in [1.54, 1.807) is 6.20 Å². The minimum absolute atomic E-state index is 0.111. The fraction of sp³-hybridized carbons (Fsp3) is 0.389. The number of nitrogens with one attached hydrogen (secondary N) is 2. The van der Waals surface area contributed by atoms with Gasteiger partial charge in [-0.2, -0.15) is 4.98 Å². The Morgan fingerprint density at radius 1 is 1.26 bits per heavy atom. The molecule has 2 N–H and O–H groups in total. The van der Waals surface area contributed by atoms with Gasteiger partial charge in [-0.1, -0.05) is 19.1 Å². The quantitative estimate of drug-likeness (QED) is 0.804. The Morgan fingerprint density at radius 3 is 2.65 bits per heavy atom. The van der Waals surface area contributed by atoms with E-state index in [1.165, 1.54) is 0 Å². The number of nitrogens with zero attached hydrogens (tertiary/aromatic N) is 2. The van der Waals surface area contributed by atoms with Crippen LogP contribution in [-0.4, -0.2) is 21.3 Å². The normalized spacial score (nSPS) is 11.2. The van der Waals surface area contributed by atoms with E-state index in [1.807, 2.05) is 38.1 Å². The predicted molar refractivity (Wildman–Crippen MR) is 94.5 cm³/mol. The standard InChI is InChI=1S/C18H24N4O/c1-6-15(23)13-8-7-9-14(10-13)20-16-12(2)11-19-17(21-16)22-18(3,4)5/h7-11H,6H2,1-5H3,(H2,19,20,21,22). The third-order valence-electron chi connectivity index (χ3n) is 3.23. The largest absolute Gasteiger partial charge is 0.350 e. The molecule has 0 saturated heterocycles. The van der Waals surface area contributed by atoms with Crippen molar-refractivity contribution >= 4 is 23.2 Å². The summed E-state index contributed by atoms with van der Waals surface area (Å²) in [4.78, 5) is 20.7. The zero-order chi connectivity index (χ0) is 17.0. The number of carbonyl (C=O) groups is 1. The van der Waals surface area contributed by atoms with Crippen LogP contribution < -0.4 is 10.6 Å². The molecule has 0 aliphatic rings. The lowest BCUT2D eigenvalue weighted by Crippen LogP contribution is -2.27. The van der Waals surface area contributed by atoms with Crippen molar-refractivity contribution in [2.45, 2.75) is 46.6 Å². The molecule has 1 aromatic heterocycles. The molecule has 0 aliphatic carbocycles. The van der Waals surface area contributed by atoms with Crippen molar-refractivity contribution in [2.24, 2.45) is 0 Å². The van der Waals surface area contributed by atoms with Gasteiger partial charge in [-0.25, -0.2) is 4.98 Å². The summed E-state index contributed by atoms with van der Waals surface area (Å²) in [6.07, 6.45) is 2.28. The van der Waals surface area contributed by atoms with Crippen LogP contribution >= 0.6 is 0 Å². The summed E-state index contributed by atoms with van der Waals surface area (Å²) in [5.74, 6) is 1.43. The van der Waals surface area contributed by atoms with Crippen LogP contribution in [0.25, 0.3) is 0 Å². The topological polar surface area (TPSA) is 66.9 Å². The van der Waals surface area contributed by atoms with Crippen LogP contribution in [0.15, 0.2) is 30.5 Å². The fourth-order valence-corrected chi connectivity index (χ4v) is 2.08. The molecule has 0 unspecified atom stereocenters. The van der Waals surface area contributed by atoms with Crippen molar-refractivity contribution in [3.8, 4) is 0 Å². The molecule has 2 rings (SSSR count). The van der Waals surface area contributed by atoms with Gasteiger partial charge in [-0.3, -0.25) is 4.79 Å². The lowest BCUT2D eigenvalue weighted by Gasteiger charge is -2.21. The zero-order valence-electron chi connectivity index (χ0n) is 14.4. The van der Waals surface area contributed by atoms with Crippen LogP contribution in [0, 0.1) is 6.92 Å². The average Bonchev–Trinajstić information content (AvgIpc) is 2.48. The maximum Gasteiger partial charge on any atom is 0.225 e. The van der Waals surface area contributed by atoms with Gasteiger partial charge < -0.3 is 10.6 Å². The van der Waals surface area contributed by atoms with Gasteiger partial charge in [0.25, 0.3) is 0 Å². The van der Waals surface area contributed by atoms with Crippen molar-refractivity contribution < 1.29 is 4.79 Å². The number of anilines is 3. The summed E-state index contributed by atoms with van der Waals surface area (Å²) in [7, 11) is 0. The number of Topliss-reactive ketones (excluding diaryl/α,β-unsaturated/α-hetero) is 1. The highest BCUT2D eigenvalue weighted by molar-refractivity contribution is 5.96. The minimum Gasteiger partial charge on any atom is -0.350 e. The molecule has 122 valence electrons. The highest BCUT2D eigenvalue weighted by Crippen LogP contribution is 2.21. The van der Waals surface area contributed by atoms with Gasteiger partial charge >= 0.3 is 0 Å².